The number of carbonyl (C=O) groups excluding carboxylic acids is 2. The maximum Gasteiger partial charge on any atom is 0.411 e. The Bertz CT molecular complexity index is 750. The van der Waals surface area contributed by atoms with Gasteiger partial charge < -0.3 is 19.3 Å². The first-order valence-corrected chi connectivity index (χ1v) is 11.1. The minimum atomic E-state index is -0.465. The molecule has 0 aliphatic carbocycles. The van der Waals surface area contributed by atoms with Crippen LogP contribution in [0.3, 0.4) is 0 Å². The second-order valence-electron chi connectivity index (χ2n) is 8.56. The first-order chi connectivity index (χ1) is 14.6. The smallest absolute Gasteiger partial charge is 0.411 e. The summed E-state index contributed by atoms with van der Waals surface area (Å²) in [6.45, 7) is 6.31. The van der Waals surface area contributed by atoms with Gasteiger partial charge in [0.05, 0.1) is 23.9 Å². The average molecular weight is 417 g/mol. The van der Waals surface area contributed by atoms with Crippen LogP contribution in [-0.2, 0) is 14.3 Å². The fourth-order valence-electron chi connectivity index (χ4n) is 4.89. The van der Waals surface area contributed by atoms with Gasteiger partial charge in [0.1, 0.15) is 5.82 Å². The number of piperidine rings is 1. The lowest BCUT2D eigenvalue weighted by Gasteiger charge is -2.40. The molecular weight excluding hydrogens is 384 g/mol. The summed E-state index contributed by atoms with van der Waals surface area (Å²) in [7, 11) is 0. The summed E-state index contributed by atoms with van der Waals surface area (Å²) in [6, 6.07) is 4.07. The molecule has 0 bridgehead atoms. The number of hydrogen-bond acceptors (Lipinski definition) is 6. The Labute approximate surface area is 177 Å². The largest absolute Gasteiger partial charge is 0.449 e. The lowest BCUT2D eigenvalue weighted by molar-refractivity contribution is -0.139. The molecule has 1 N–H and O–H groups in total. The van der Waals surface area contributed by atoms with Crippen LogP contribution < -0.4 is 10.2 Å². The number of rotatable bonds is 5. The minimum absolute atomic E-state index is 0.293. The highest BCUT2D eigenvalue weighted by atomic mass is 16.5. The van der Waals surface area contributed by atoms with Gasteiger partial charge in [0.25, 0.3) is 0 Å². The molecule has 8 heteroatoms. The van der Waals surface area contributed by atoms with E-state index in [-0.39, 0.29) is 5.41 Å². The summed E-state index contributed by atoms with van der Waals surface area (Å²) < 4.78 is 10.5. The van der Waals surface area contributed by atoms with Gasteiger partial charge in [0, 0.05) is 38.9 Å². The van der Waals surface area contributed by atoms with Crippen molar-refractivity contribution in [2.24, 2.45) is 5.41 Å². The average Bonchev–Trinajstić information content (AvgIpc) is 3.09. The van der Waals surface area contributed by atoms with Crippen LogP contribution in [-0.4, -0.2) is 67.4 Å². The third-order valence-electron chi connectivity index (χ3n) is 6.51. The van der Waals surface area contributed by atoms with Gasteiger partial charge in [0.15, 0.2) is 0 Å². The molecule has 3 aliphatic rings. The van der Waals surface area contributed by atoms with E-state index >= 15 is 0 Å². The Morgan fingerprint density at radius 3 is 2.87 bits per heavy atom. The van der Waals surface area contributed by atoms with E-state index < -0.39 is 6.09 Å². The van der Waals surface area contributed by atoms with Crippen molar-refractivity contribution < 1.29 is 19.1 Å². The van der Waals surface area contributed by atoms with E-state index in [1.54, 1.807) is 6.20 Å². The number of hydrogen-bond donors (Lipinski definition) is 1. The van der Waals surface area contributed by atoms with E-state index in [0.29, 0.717) is 30.8 Å². The summed E-state index contributed by atoms with van der Waals surface area (Å²) in [5.41, 5.74) is 0.313. The van der Waals surface area contributed by atoms with Gasteiger partial charge in [-0.2, -0.15) is 0 Å². The van der Waals surface area contributed by atoms with Gasteiger partial charge in [-0.05, 0) is 50.7 Å². The van der Waals surface area contributed by atoms with E-state index in [4.69, 9.17) is 9.47 Å². The number of amides is 2. The predicted molar refractivity (Wildman–Crippen MR) is 114 cm³/mol. The number of aromatic nitrogens is 1. The maximum absolute atomic E-state index is 13.4. The van der Waals surface area contributed by atoms with Crippen LogP contribution in [0.4, 0.5) is 16.3 Å². The zero-order valence-corrected chi connectivity index (χ0v) is 17.8. The van der Waals surface area contributed by atoms with Crippen molar-refractivity contribution in [1.82, 2.24) is 9.88 Å². The molecule has 1 aromatic heterocycles. The monoisotopic (exact) mass is 416 g/mol. The standard InChI is InChI=1S/C22H32N4O4/c1-2-12-30-21(28)24-17-4-5-19(23-15-17)25-10-3-8-22(16-25)9-11-26(20(22)27)18-6-13-29-14-7-18/h4-5,15,18H,2-3,6-14,16H2,1H3,(H,24,28)/t22-/m1/s1. The number of ether oxygens (including phenoxy) is 2. The van der Waals surface area contributed by atoms with Crippen molar-refractivity contribution in [3.63, 3.8) is 0 Å². The molecule has 3 fully saturated rings. The molecule has 0 aromatic carbocycles. The topological polar surface area (TPSA) is 84.0 Å². The fourth-order valence-corrected chi connectivity index (χ4v) is 4.89. The number of nitrogens with zero attached hydrogens (tertiary/aromatic N) is 3. The molecule has 1 aromatic rings. The van der Waals surface area contributed by atoms with E-state index in [1.165, 1.54) is 0 Å². The molecule has 0 saturated carbocycles. The van der Waals surface area contributed by atoms with Crippen LogP contribution in [0.25, 0.3) is 0 Å². The lowest BCUT2D eigenvalue weighted by atomic mass is 9.78. The molecule has 164 valence electrons. The van der Waals surface area contributed by atoms with Crippen molar-refractivity contribution in [3.05, 3.63) is 18.3 Å². The van der Waals surface area contributed by atoms with Crippen LogP contribution in [0, 0.1) is 5.41 Å². The number of nitrogens with one attached hydrogen (secondary N) is 1. The number of pyridine rings is 1. The molecule has 8 nitrogen and oxygen atoms in total. The van der Waals surface area contributed by atoms with Crippen molar-refractivity contribution in [2.45, 2.75) is 51.5 Å². The molecule has 0 radical (unpaired) electrons. The summed E-state index contributed by atoms with van der Waals surface area (Å²) in [6.07, 6.45) is 6.71. The zero-order valence-electron chi connectivity index (χ0n) is 17.8. The quantitative estimate of drug-likeness (QED) is 0.794. The molecule has 1 atom stereocenters. The molecule has 3 aliphatic heterocycles. The highest BCUT2D eigenvalue weighted by molar-refractivity contribution is 5.86. The summed E-state index contributed by atoms with van der Waals surface area (Å²) in [5.74, 6) is 1.16. The Balaban J connectivity index is 1.39. The van der Waals surface area contributed by atoms with Crippen LogP contribution in [0.15, 0.2) is 18.3 Å². The van der Waals surface area contributed by atoms with Crippen molar-refractivity contribution in [2.75, 3.05) is 49.7 Å². The molecule has 2 amide bonds. The van der Waals surface area contributed by atoms with Crippen LogP contribution in [0.2, 0.25) is 0 Å². The second-order valence-corrected chi connectivity index (χ2v) is 8.56. The van der Waals surface area contributed by atoms with Gasteiger partial charge in [-0.15, -0.1) is 0 Å². The Morgan fingerprint density at radius 2 is 2.13 bits per heavy atom. The Kier molecular flexibility index (Phi) is 6.41. The van der Waals surface area contributed by atoms with E-state index in [0.717, 1.165) is 70.6 Å². The highest BCUT2D eigenvalue weighted by Crippen LogP contribution is 2.42. The van der Waals surface area contributed by atoms with E-state index in [9.17, 15) is 9.59 Å². The molecule has 3 saturated heterocycles. The Morgan fingerprint density at radius 1 is 1.30 bits per heavy atom. The van der Waals surface area contributed by atoms with Crippen molar-refractivity contribution >= 4 is 23.5 Å². The highest BCUT2D eigenvalue weighted by Gasteiger charge is 2.50. The third-order valence-corrected chi connectivity index (χ3v) is 6.51. The normalized spacial score (nSPS) is 25.0. The molecule has 4 heterocycles. The molecule has 0 unspecified atom stereocenters. The summed E-state index contributed by atoms with van der Waals surface area (Å²) in [4.78, 5) is 34.0. The molecule has 30 heavy (non-hydrogen) atoms. The summed E-state index contributed by atoms with van der Waals surface area (Å²) in [5, 5.41) is 2.69. The molecule has 4 rings (SSSR count). The lowest BCUT2D eigenvalue weighted by Crippen LogP contribution is -2.50. The van der Waals surface area contributed by atoms with Crippen LogP contribution >= 0.6 is 0 Å². The van der Waals surface area contributed by atoms with E-state index in [2.05, 4.69) is 20.1 Å². The molecule has 1 spiro atoms. The van der Waals surface area contributed by atoms with Gasteiger partial charge in [-0.3, -0.25) is 10.1 Å². The summed E-state index contributed by atoms with van der Waals surface area (Å²) >= 11 is 0. The molecular formula is C22H32N4O4. The first-order valence-electron chi connectivity index (χ1n) is 11.1. The maximum atomic E-state index is 13.4. The Hall–Kier alpha value is -2.35. The third kappa shape index (κ3) is 4.38. The zero-order chi connectivity index (χ0) is 21.0. The van der Waals surface area contributed by atoms with Gasteiger partial charge in [-0.25, -0.2) is 9.78 Å². The van der Waals surface area contributed by atoms with Gasteiger partial charge in [-0.1, -0.05) is 6.92 Å². The number of carbonyl (C=O) groups is 2. The second kappa shape index (κ2) is 9.20. The van der Waals surface area contributed by atoms with Gasteiger partial charge in [0.2, 0.25) is 5.91 Å². The number of anilines is 2. The van der Waals surface area contributed by atoms with Gasteiger partial charge >= 0.3 is 6.09 Å². The fraction of sp³-hybridized carbons (Fsp3) is 0.682. The van der Waals surface area contributed by atoms with Crippen molar-refractivity contribution in [1.29, 1.82) is 0 Å². The van der Waals surface area contributed by atoms with Crippen molar-refractivity contribution in [3.8, 4) is 0 Å². The van der Waals surface area contributed by atoms with Crippen LogP contribution in [0.1, 0.15) is 45.4 Å². The van der Waals surface area contributed by atoms with Crippen LogP contribution in [0.5, 0.6) is 0 Å². The first kappa shape index (κ1) is 20.9. The predicted octanol–water partition coefficient (Wildman–Crippen LogP) is 3.04. The minimum Gasteiger partial charge on any atom is -0.449 e. The SMILES string of the molecule is CCCOC(=O)Nc1ccc(N2CCC[C@@]3(CCN(C4CCOCC4)C3=O)C2)nc1. The number of likely N-dealkylation sites (tertiary alicyclic amines) is 1. The van der Waals surface area contributed by atoms with E-state index in [1.807, 2.05) is 19.1 Å².